The van der Waals surface area contributed by atoms with Crippen molar-refractivity contribution in [2.24, 2.45) is 5.73 Å². The molecule has 1 rings (SSSR count). The highest BCUT2D eigenvalue weighted by atomic mass is 35.5. The molecule has 0 aliphatic heterocycles. The van der Waals surface area contributed by atoms with E-state index in [2.05, 4.69) is 0 Å². The molecule has 1 heterocycles. The molecule has 1 atom stereocenters. The lowest BCUT2D eigenvalue weighted by Crippen LogP contribution is -2.12. The average molecular weight is 178 g/mol. The summed E-state index contributed by atoms with van der Waals surface area (Å²) in [5.74, 6) is 0. The molecule has 1 aromatic rings. The van der Waals surface area contributed by atoms with E-state index in [4.69, 9.17) is 22.4 Å². The van der Waals surface area contributed by atoms with Gasteiger partial charge in [-0.05, 0) is 12.1 Å². The third kappa shape index (κ3) is 1.70. The van der Waals surface area contributed by atoms with Gasteiger partial charge in [0.05, 0.1) is 17.0 Å². The summed E-state index contributed by atoms with van der Waals surface area (Å²) >= 11 is 7.04. The number of halogens is 1. The molecule has 0 amide bonds. The van der Waals surface area contributed by atoms with Gasteiger partial charge in [-0.15, -0.1) is 11.3 Å². The fourth-order valence-electron chi connectivity index (χ4n) is 0.618. The molecule has 0 bridgehead atoms. The fourth-order valence-corrected chi connectivity index (χ4v) is 1.67. The Hall–Kier alpha value is -0.0900. The minimum atomic E-state index is -0.280. The zero-order chi connectivity index (χ0) is 7.56. The highest BCUT2D eigenvalue weighted by Crippen LogP contribution is 2.25. The largest absolute Gasteiger partial charge is 0.394 e. The summed E-state index contributed by atoms with van der Waals surface area (Å²) in [4.78, 5) is 0.924. The maximum Gasteiger partial charge on any atom is 0.0931 e. The Bertz CT molecular complexity index is 213. The molecule has 0 aliphatic rings. The summed E-state index contributed by atoms with van der Waals surface area (Å²) in [6, 6.07) is 3.32. The van der Waals surface area contributed by atoms with Crippen molar-refractivity contribution in [3.05, 3.63) is 21.3 Å². The first-order chi connectivity index (χ1) is 4.74. The Labute approximate surface area is 68.2 Å². The molecule has 0 radical (unpaired) electrons. The van der Waals surface area contributed by atoms with Gasteiger partial charge in [-0.2, -0.15) is 0 Å². The van der Waals surface area contributed by atoms with Gasteiger partial charge < -0.3 is 10.8 Å². The van der Waals surface area contributed by atoms with Crippen molar-refractivity contribution < 1.29 is 5.11 Å². The van der Waals surface area contributed by atoms with Crippen LogP contribution in [-0.2, 0) is 0 Å². The van der Waals surface area contributed by atoms with Crippen LogP contribution in [0.5, 0.6) is 0 Å². The fraction of sp³-hybridized carbons (Fsp3) is 0.333. The van der Waals surface area contributed by atoms with Gasteiger partial charge in [-0.3, -0.25) is 0 Å². The van der Waals surface area contributed by atoms with Gasteiger partial charge in [-0.25, -0.2) is 0 Å². The smallest absolute Gasteiger partial charge is 0.0931 e. The number of thiophene rings is 1. The summed E-state index contributed by atoms with van der Waals surface area (Å²) < 4.78 is 0.707. The Kier molecular flexibility index (Phi) is 2.68. The van der Waals surface area contributed by atoms with Gasteiger partial charge in [0.25, 0.3) is 0 Å². The highest BCUT2D eigenvalue weighted by Gasteiger charge is 2.05. The van der Waals surface area contributed by atoms with Crippen LogP contribution in [0.1, 0.15) is 10.9 Å². The molecular formula is C6H8ClNOS. The predicted octanol–water partition coefficient (Wildman–Crippen LogP) is 1.39. The summed E-state index contributed by atoms with van der Waals surface area (Å²) in [7, 11) is 0. The molecule has 56 valence electrons. The van der Waals surface area contributed by atoms with E-state index < -0.39 is 0 Å². The second-order valence-corrected chi connectivity index (χ2v) is 3.68. The van der Waals surface area contributed by atoms with Crippen molar-refractivity contribution in [3.8, 4) is 0 Å². The van der Waals surface area contributed by atoms with Crippen LogP contribution in [0.4, 0.5) is 0 Å². The molecule has 10 heavy (non-hydrogen) atoms. The molecule has 0 unspecified atom stereocenters. The van der Waals surface area contributed by atoms with E-state index >= 15 is 0 Å². The topological polar surface area (TPSA) is 46.2 Å². The van der Waals surface area contributed by atoms with Crippen LogP contribution in [0, 0.1) is 0 Å². The average Bonchev–Trinajstić information content (AvgIpc) is 2.34. The molecule has 0 saturated heterocycles. The van der Waals surface area contributed by atoms with E-state index in [1.165, 1.54) is 11.3 Å². The van der Waals surface area contributed by atoms with Crippen molar-refractivity contribution in [3.63, 3.8) is 0 Å². The van der Waals surface area contributed by atoms with Gasteiger partial charge in [0.1, 0.15) is 0 Å². The van der Waals surface area contributed by atoms with Crippen LogP contribution >= 0.6 is 22.9 Å². The van der Waals surface area contributed by atoms with Gasteiger partial charge in [0, 0.05) is 4.88 Å². The standard InChI is InChI=1S/C6H8ClNOS/c7-6-2-1-5(10-6)4(8)3-9/h1-2,4,9H,3,8H2/t4-/m1/s1. The lowest BCUT2D eigenvalue weighted by Gasteiger charge is -2.02. The lowest BCUT2D eigenvalue weighted by atomic mass is 10.3. The van der Waals surface area contributed by atoms with Crippen LogP contribution in [0.3, 0.4) is 0 Å². The van der Waals surface area contributed by atoms with Gasteiger partial charge in [0.2, 0.25) is 0 Å². The summed E-state index contributed by atoms with van der Waals surface area (Å²) in [5.41, 5.74) is 5.51. The number of aliphatic hydroxyl groups is 1. The van der Waals surface area contributed by atoms with E-state index in [9.17, 15) is 0 Å². The Morgan fingerprint density at radius 2 is 2.40 bits per heavy atom. The third-order valence-electron chi connectivity index (χ3n) is 1.16. The van der Waals surface area contributed by atoms with Crippen LogP contribution in [0.15, 0.2) is 12.1 Å². The molecule has 2 nitrogen and oxygen atoms in total. The molecule has 0 fully saturated rings. The molecule has 0 aliphatic carbocycles. The SMILES string of the molecule is N[C@H](CO)c1ccc(Cl)s1. The van der Waals surface area contributed by atoms with E-state index in [-0.39, 0.29) is 12.6 Å². The molecule has 0 aromatic carbocycles. The number of rotatable bonds is 2. The number of aliphatic hydroxyl groups excluding tert-OH is 1. The van der Waals surface area contributed by atoms with Gasteiger partial charge in [0.15, 0.2) is 0 Å². The highest BCUT2D eigenvalue weighted by molar-refractivity contribution is 7.16. The molecule has 0 saturated carbocycles. The molecule has 3 N–H and O–H groups in total. The van der Waals surface area contributed by atoms with E-state index in [1.54, 1.807) is 6.07 Å². The van der Waals surface area contributed by atoms with Crippen molar-refractivity contribution >= 4 is 22.9 Å². The van der Waals surface area contributed by atoms with Crippen molar-refractivity contribution in [2.75, 3.05) is 6.61 Å². The maximum atomic E-state index is 8.64. The lowest BCUT2D eigenvalue weighted by molar-refractivity contribution is 0.269. The summed E-state index contributed by atoms with van der Waals surface area (Å²) in [6.45, 7) is -0.0309. The van der Waals surface area contributed by atoms with E-state index in [0.29, 0.717) is 4.34 Å². The predicted molar refractivity (Wildman–Crippen MR) is 43.3 cm³/mol. The normalized spacial score (nSPS) is 13.5. The van der Waals surface area contributed by atoms with Gasteiger partial charge in [-0.1, -0.05) is 11.6 Å². The zero-order valence-corrected chi connectivity index (χ0v) is 6.82. The second-order valence-electron chi connectivity index (χ2n) is 1.93. The maximum absolute atomic E-state index is 8.64. The van der Waals surface area contributed by atoms with Crippen LogP contribution in [-0.4, -0.2) is 11.7 Å². The first-order valence-electron chi connectivity index (χ1n) is 2.85. The summed E-state index contributed by atoms with van der Waals surface area (Å²) in [5, 5.41) is 8.64. The molecule has 0 spiro atoms. The number of hydrogen-bond donors (Lipinski definition) is 2. The molecular weight excluding hydrogens is 170 g/mol. The zero-order valence-electron chi connectivity index (χ0n) is 5.25. The van der Waals surface area contributed by atoms with E-state index in [1.807, 2.05) is 6.07 Å². The minimum absolute atomic E-state index is 0.0309. The number of hydrogen-bond acceptors (Lipinski definition) is 3. The van der Waals surface area contributed by atoms with Crippen LogP contribution < -0.4 is 5.73 Å². The number of nitrogens with two attached hydrogens (primary N) is 1. The van der Waals surface area contributed by atoms with E-state index in [0.717, 1.165) is 4.88 Å². The second kappa shape index (κ2) is 3.34. The van der Waals surface area contributed by atoms with Crippen molar-refractivity contribution in [2.45, 2.75) is 6.04 Å². The quantitative estimate of drug-likeness (QED) is 0.718. The third-order valence-corrected chi connectivity index (χ3v) is 2.52. The monoisotopic (exact) mass is 177 g/mol. The van der Waals surface area contributed by atoms with Gasteiger partial charge >= 0.3 is 0 Å². The van der Waals surface area contributed by atoms with Crippen LogP contribution in [0.2, 0.25) is 4.34 Å². The van der Waals surface area contributed by atoms with Crippen molar-refractivity contribution in [1.82, 2.24) is 0 Å². The Balaban J connectivity index is 2.74. The molecule has 4 heteroatoms. The summed E-state index contributed by atoms with van der Waals surface area (Å²) in [6.07, 6.45) is 0. The first kappa shape index (κ1) is 8.01. The molecule has 1 aromatic heterocycles. The Morgan fingerprint density at radius 3 is 2.80 bits per heavy atom. The van der Waals surface area contributed by atoms with Crippen molar-refractivity contribution in [1.29, 1.82) is 0 Å². The van der Waals surface area contributed by atoms with Crippen LogP contribution in [0.25, 0.3) is 0 Å². The minimum Gasteiger partial charge on any atom is -0.394 e. The Morgan fingerprint density at radius 1 is 1.70 bits per heavy atom. The first-order valence-corrected chi connectivity index (χ1v) is 4.05.